The minimum absolute atomic E-state index is 0.0416. The Kier molecular flexibility index (Phi) is 6.39. The van der Waals surface area contributed by atoms with E-state index in [4.69, 9.17) is 14.2 Å². The van der Waals surface area contributed by atoms with Gasteiger partial charge in [0.2, 0.25) is 12.7 Å². The number of amides is 2. The van der Waals surface area contributed by atoms with Crippen molar-refractivity contribution in [3.8, 4) is 11.5 Å². The molecule has 0 bridgehead atoms. The molecule has 0 spiro atoms. The van der Waals surface area contributed by atoms with Crippen molar-refractivity contribution < 1.29 is 23.8 Å². The Morgan fingerprint density at radius 1 is 1.15 bits per heavy atom. The van der Waals surface area contributed by atoms with Crippen LogP contribution in [-0.2, 0) is 22.6 Å². The fraction of sp³-hybridized carbons (Fsp3) is 0.333. The molecule has 10 heteroatoms. The Morgan fingerprint density at radius 2 is 2.00 bits per heavy atom. The zero-order valence-electron chi connectivity index (χ0n) is 18.6. The fourth-order valence-corrected chi connectivity index (χ4v) is 3.99. The van der Waals surface area contributed by atoms with Gasteiger partial charge in [0.25, 0.3) is 5.91 Å². The number of pyridine rings is 1. The topological polar surface area (TPSA) is 108 Å². The van der Waals surface area contributed by atoms with E-state index < -0.39 is 0 Å². The molecule has 0 radical (unpaired) electrons. The molecule has 1 N–H and O–H groups in total. The number of benzene rings is 1. The van der Waals surface area contributed by atoms with Crippen LogP contribution in [0.25, 0.3) is 0 Å². The Labute approximate surface area is 196 Å². The number of carbonyl (C=O) groups excluding carboxylic acids is 2. The molecular weight excluding hydrogens is 438 g/mol. The molecule has 176 valence electrons. The van der Waals surface area contributed by atoms with Crippen LogP contribution in [0.1, 0.15) is 28.8 Å². The Hall–Kier alpha value is -3.92. The SMILES string of the molecule is O=C(Nc1cnn(CC(=O)N(Cc2ccncc2)CC2CCCO2)c1)c1ccc2c(c1)OCO2. The highest BCUT2D eigenvalue weighted by Crippen LogP contribution is 2.32. The van der Waals surface area contributed by atoms with Gasteiger partial charge in [-0.3, -0.25) is 19.3 Å². The van der Waals surface area contributed by atoms with Gasteiger partial charge in [-0.2, -0.15) is 5.10 Å². The maximum Gasteiger partial charge on any atom is 0.255 e. The highest BCUT2D eigenvalue weighted by Gasteiger charge is 2.23. The number of nitrogens with zero attached hydrogens (tertiary/aromatic N) is 4. The number of carbonyl (C=O) groups is 2. The molecule has 1 atom stereocenters. The molecule has 10 nitrogen and oxygen atoms in total. The molecule has 0 aliphatic carbocycles. The van der Waals surface area contributed by atoms with Crippen LogP contribution >= 0.6 is 0 Å². The Morgan fingerprint density at radius 3 is 2.82 bits per heavy atom. The quantitative estimate of drug-likeness (QED) is 0.547. The number of aromatic nitrogens is 3. The summed E-state index contributed by atoms with van der Waals surface area (Å²) in [5.41, 5.74) is 1.93. The third kappa shape index (κ3) is 5.18. The summed E-state index contributed by atoms with van der Waals surface area (Å²) >= 11 is 0. The molecule has 1 saturated heterocycles. The monoisotopic (exact) mass is 463 g/mol. The van der Waals surface area contributed by atoms with Crippen molar-refractivity contribution in [1.82, 2.24) is 19.7 Å². The highest BCUT2D eigenvalue weighted by molar-refractivity contribution is 6.04. The summed E-state index contributed by atoms with van der Waals surface area (Å²) in [7, 11) is 0. The summed E-state index contributed by atoms with van der Waals surface area (Å²) in [5.74, 6) is 0.766. The molecule has 0 saturated carbocycles. The van der Waals surface area contributed by atoms with Gasteiger partial charge in [-0.05, 0) is 48.7 Å². The smallest absolute Gasteiger partial charge is 0.255 e. The summed E-state index contributed by atoms with van der Waals surface area (Å²) in [6, 6.07) is 8.79. The normalized spacial score (nSPS) is 16.4. The summed E-state index contributed by atoms with van der Waals surface area (Å²) in [6.45, 7) is 1.92. The number of hydrogen-bond donors (Lipinski definition) is 1. The van der Waals surface area contributed by atoms with Crippen LogP contribution in [0.15, 0.2) is 55.1 Å². The molecule has 2 aliphatic heterocycles. The number of anilines is 1. The third-order valence-corrected chi connectivity index (χ3v) is 5.75. The van der Waals surface area contributed by atoms with Crippen molar-refractivity contribution >= 4 is 17.5 Å². The van der Waals surface area contributed by atoms with Gasteiger partial charge >= 0.3 is 0 Å². The predicted molar refractivity (Wildman–Crippen MR) is 121 cm³/mol. The van der Waals surface area contributed by atoms with E-state index in [1.54, 1.807) is 41.7 Å². The summed E-state index contributed by atoms with van der Waals surface area (Å²) in [5, 5.41) is 7.05. The summed E-state index contributed by atoms with van der Waals surface area (Å²) < 4.78 is 17.9. The lowest BCUT2D eigenvalue weighted by molar-refractivity contribution is -0.134. The third-order valence-electron chi connectivity index (χ3n) is 5.75. The minimum atomic E-state index is -0.304. The van der Waals surface area contributed by atoms with Crippen LogP contribution in [0.3, 0.4) is 0 Å². The lowest BCUT2D eigenvalue weighted by atomic mass is 10.2. The molecule has 1 fully saturated rings. The second-order valence-corrected chi connectivity index (χ2v) is 8.21. The maximum absolute atomic E-state index is 13.1. The van der Waals surface area contributed by atoms with Crippen molar-refractivity contribution in [2.75, 3.05) is 25.3 Å². The average molecular weight is 463 g/mol. The molecule has 34 heavy (non-hydrogen) atoms. The van der Waals surface area contributed by atoms with Crippen molar-refractivity contribution in [2.45, 2.75) is 32.0 Å². The van der Waals surface area contributed by atoms with E-state index in [9.17, 15) is 9.59 Å². The standard InChI is InChI=1S/C24H25N5O5/c30-23(28(14-20-2-1-9-32-20)12-17-5-7-25-8-6-17)15-29-13-19(11-26-29)27-24(31)18-3-4-21-22(10-18)34-16-33-21/h3-8,10-11,13,20H,1-2,9,12,14-16H2,(H,27,31). The first-order valence-corrected chi connectivity index (χ1v) is 11.2. The van der Waals surface area contributed by atoms with Gasteiger partial charge in [0.05, 0.1) is 18.0 Å². The van der Waals surface area contributed by atoms with Crippen molar-refractivity contribution in [3.63, 3.8) is 0 Å². The Bertz CT molecular complexity index is 1160. The number of fused-ring (bicyclic) bond motifs is 1. The van der Waals surface area contributed by atoms with Crippen LogP contribution in [0.5, 0.6) is 11.5 Å². The van der Waals surface area contributed by atoms with Crippen molar-refractivity contribution in [3.05, 3.63) is 66.2 Å². The highest BCUT2D eigenvalue weighted by atomic mass is 16.7. The van der Waals surface area contributed by atoms with E-state index in [2.05, 4.69) is 15.4 Å². The van der Waals surface area contributed by atoms with E-state index in [0.717, 1.165) is 25.0 Å². The predicted octanol–water partition coefficient (Wildman–Crippen LogP) is 2.47. The number of ether oxygens (including phenoxy) is 3. The van der Waals surface area contributed by atoms with Crippen LogP contribution < -0.4 is 14.8 Å². The van der Waals surface area contributed by atoms with Gasteiger partial charge in [-0.25, -0.2) is 0 Å². The summed E-state index contributed by atoms with van der Waals surface area (Å²) in [4.78, 5) is 31.6. The molecular formula is C24H25N5O5. The lowest BCUT2D eigenvalue weighted by Crippen LogP contribution is -2.39. The zero-order chi connectivity index (χ0) is 23.3. The first kappa shape index (κ1) is 21.9. The van der Waals surface area contributed by atoms with E-state index in [0.29, 0.717) is 35.8 Å². The van der Waals surface area contributed by atoms with E-state index in [1.807, 2.05) is 12.1 Å². The largest absolute Gasteiger partial charge is 0.454 e. The lowest BCUT2D eigenvalue weighted by Gasteiger charge is -2.25. The van der Waals surface area contributed by atoms with E-state index in [1.165, 1.54) is 10.9 Å². The van der Waals surface area contributed by atoms with Crippen molar-refractivity contribution in [2.24, 2.45) is 0 Å². The Balaban J connectivity index is 1.22. The molecule has 2 aromatic heterocycles. The van der Waals surface area contributed by atoms with Gasteiger partial charge in [-0.15, -0.1) is 0 Å². The first-order chi connectivity index (χ1) is 16.6. The summed E-state index contributed by atoms with van der Waals surface area (Å²) in [6.07, 6.45) is 8.58. The molecule has 3 aromatic rings. The van der Waals surface area contributed by atoms with Crippen LogP contribution in [-0.4, -0.2) is 57.5 Å². The molecule has 4 heterocycles. The van der Waals surface area contributed by atoms with Gasteiger partial charge in [0.1, 0.15) is 6.54 Å². The van der Waals surface area contributed by atoms with Gasteiger partial charge < -0.3 is 24.4 Å². The van der Waals surface area contributed by atoms with Crippen LogP contribution in [0.4, 0.5) is 5.69 Å². The molecule has 5 rings (SSSR count). The van der Waals surface area contributed by atoms with Crippen LogP contribution in [0.2, 0.25) is 0 Å². The molecule has 1 aromatic carbocycles. The molecule has 1 unspecified atom stereocenters. The van der Waals surface area contributed by atoms with Gasteiger partial charge in [-0.1, -0.05) is 0 Å². The fourth-order valence-electron chi connectivity index (χ4n) is 3.99. The zero-order valence-corrected chi connectivity index (χ0v) is 18.6. The number of nitrogens with one attached hydrogen (secondary N) is 1. The number of hydrogen-bond acceptors (Lipinski definition) is 7. The first-order valence-electron chi connectivity index (χ1n) is 11.2. The number of rotatable bonds is 8. The van der Waals surface area contributed by atoms with Crippen LogP contribution in [0, 0.1) is 0 Å². The maximum atomic E-state index is 13.1. The average Bonchev–Trinajstić information content (AvgIpc) is 3.61. The molecule has 2 aliphatic rings. The second-order valence-electron chi connectivity index (χ2n) is 8.21. The van der Waals surface area contributed by atoms with Gasteiger partial charge in [0.15, 0.2) is 11.5 Å². The minimum Gasteiger partial charge on any atom is -0.454 e. The van der Waals surface area contributed by atoms with Crippen molar-refractivity contribution in [1.29, 1.82) is 0 Å². The van der Waals surface area contributed by atoms with E-state index in [-0.39, 0.29) is 31.3 Å². The molecule has 2 amide bonds. The van der Waals surface area contributed by atoms with E-state index >= 15 is 0 Å². The second kappa shape index (κ2) is 9.92. The van der Waals surface area contributed by atoms with Gasteiger partial charge in [0, 0.05) is 43.9 Å².